The summed E-state index contributed by atoms with van der Waals surface area (Å²) >= 11 is 0. The number of aromatic nitrogens is 2. The van der Waals surface area contributed by atoms with Crippen LogP contribution >= 0.6 is 0 Å². The van der Waals surface area contributed by atoms with E-state index in [4.69, 9.17) is 9.73 Å². The first-order valence-electron chi connectivity index (χ1n) is 9.92. The molecule has 1 saturated heterocycles. The van der Waals surface area contributed by atoms with Crippen LogP contribution in [0.1, 0.15) is 26.3 Å². The topological polar surface area (TPSA) is 92.1 Å². The molecule has 0 atom stereocenters. The quantitative estimate of drug-likeness (QED) is 0.462. The summed E-state index contributed by atoms with van der Waals surface area (Å²) in [6.07, 6.45) is 4.72. The molecule has 1 aromatic rings. The molecule has 2 rings (SSSR count). The molecular formula is C18H34N6O3S. The summed E-state index contributed by atoms with van der Waals surface area (Å²) in [7, 11) is -1.38. The van der Waals surface area contributed by atoms with Crippen LogP contribution in [0, 0.1) is 0 Å². The van der Waals surface area contributed by atoms with Crippen molar-refractivity contribution in [2.24, 2.45) is 12.0 Å². The van der Waals surface area contributed by atoms with Gasteiger partial charge in [0.2, 0.25) is 10.0 Å². The van der Waals surface area contributed by atoms with Crippen molar-refractivity contribution in [2.75, 3.05) is 51.6 Å². The minimum atomic E-state index is -3.28. The van der Waals surface area contributed by atoms with Crippen molar-refractivity contribution in [2.45, 2.75) is 33.3 Å². The fraction of sp³-hybridized carbons (Fsp3) is 0.778. The highest BCUT2D eigenvalue weighted by Gasteiger charge is 2.27. The highest BCUT2D eigenvalue weighted by molar-refractivity contribution is 7.89. The number of hydrogen-bond acceptors (Lipinski definition) is 5. The molecule has 1 aromatic heterocycles. The van der Waals surface area contributed by atoms with Crippen molar-refractivity contribution in [3.05, 3.63) is 18.0 Å². The van der Waals surface area contributed by atoms with Crippen LogP contribution in [0.4, 0.5) is 0 Å². The highest BCUT2D eigenvalue weighted by atomic mass is 32.2. The van der Waals surface area contributed by atoms with Gasteiger partial charge in [0.15, 0.2) is 5.96 Å². The molecule has 1 aliphatic heterocycles. The molecule has 2 heterocycles. The lowest BCUT2D eigenvalue weighted by Crippen LogP contribution is -2.54. The summed E-state index contributed by atoms with van der Waals surface area (Å²) in [6, 6.07) is 0. The molecule has 28 heavy (non-hydrogen) atoms. The second-order valence-electron chi connectivity index (χ2n) is 7.13. The molecule has 0 radical (unpaired) electrons. The number of sulfonamides is 1. The largest absolute Gasteiger partial charge is 0.378 e. The van der Waals surface area contributed by atoms with Gasteiger partial charge in [-0.3, -0.25) is 9.67 Å². The zero-order valence-corrected chi connectivity index (χ0v) is 18.3. The van der Waals surface area contributed by atoms with E-state index in [1.807, 2.05) is 40.2 Å². The van der Waals surface area contributed by atoms with Gasteiger partial charge in [-0.1, -0.05) is 0 Å². The van der Waals surface area contributed by atoms with Crippen LogP contribution in [0.3, 0.4) is 0 Å². The van der Waals surface area contributed by atoms with E-state index in [0.717, 1.165) is 24.5 Å². The van der Waals surface area contributed by atoms with Crippen LogP contribution < -0.4 is 5.32 Å². The lowest BCUT2D eigenvalue weighted by atomic mass is 10.2. The Balaban J connectivity index is 1.86. The Labute approximate surface area is 168 Å². The van der Waals surface area contributed by atoms with Crippen LogP contribution in [0.25, 0.3) is 0 Å². The number of ether oxygens (including phenoxy) is 1. The maximum atomic E-state index is 12.5. The van der Waals surface area contributed by atoms with E-state index in [-0.39, 0.29) is 18.5 Å². The molecule has 0 spiro atoms. The second-order valence-corrected chi connectivity index (χ2v) is 9.22. The van der Waals surface area contributed by atoms with E-state index < -0.39 is 10.0 Å². The van der Waals surface area contributed by atoms with Gasteiger partial charge in [-0.2, -0.15) is 9.40 Å². The van der Waals surface area contributed by atoms with Gasteiger partial charge >= 0.3 is 0 Å². The number of aryl methyl sites for hydroxylation is 1. The van der Waals surface area contributed by atoms with Gasteiger partial charge in [0.1, 0.15) is 0 Å². The normalized spacial score (nSPS) is 16.8. The summed E-state index contributed by atoms with van der Waals surface area (Å²) in [5.41, 5.74) is 1.15. The third kappa shape index (κ3) is 7.06. The fourth-order valence-corrected chi connectivity index (χ4v) is 4.30. The number of nitrogens with one attached hydrogen (secondary N) is 1. The van der Waals surface area contributed by atoms with Crippen molar-refractivity contribution in [1.29, 1.82) is 0 Å². The predicted octanol–water partition coefficient (Wildman–Crippen LogP) is 0.301. The summed E-state index contributed by atoms with van der Waals surface area (Å²) in [4.78, 5) is 6.83. The summed E-state index contributed by atoms with van der Waals surface area (Å²) in [6.45, 7) is 9.71. The monoisotopic (exact) mass is 414 g/mol. The van der Waals surface area contributed by atoms with Crippen LogP contribution in [0.5, 0.6) is 0 Å². The lowest BCUT2D eigenvalue weighted by molar-refractivity contribution is 0.0904. The molecule has 0 aromatic carbocycles. The van der Waals surface area contributed by atoms with Crippen molar-refractivity contribution in [1.82, 2.24) is 24.3 Å². The molecule has 1 aliphatic rings. The standard InChI is InChI=1S/C18H34N6O3S/c1-5-19-18(20-7-6-17-14-21-22(4)15-17)23-8-10-24(11-9-23)28(25,26)13-12-27-16(2)3/h14-16H,5-13H2,1-4H3,(H,19,20). The van der Waals surface area contributed by atoms with E-state index in [9.17, 15) is 8.42 Å². The molecule has 1 N–H and O–H groups in total. The predicted molar refractivity (Wildman–Crippen MR) is 111 cm³/mol. The van der Waals surface area contributed by atoms with E-state index in [1.54, 1.807) is 8.99 Å². The summed E-state index contributed by atoms with van der Waals surface area (Å²) < 4.78 is 33.7. The average molecular weight is 415 g/mol. The van der Waals surface area contributed by atoms with Crippen molar-refractivity contribution in [3.63, 3.8) is 0 Å². The van der Waals surface area contributed by atoms with E-state index in [2.05, 4.69) is 15.3 Å². The van der Waals surface area contributed by atoms with Gasteiger partial charge in [-0.15, -0.1) is 0 Å². The van der Waals surface area contributed by atoms with E-state index in [0.29, 0.717) is 32.7 Å². The first kappa shape index (κ1) is 22.6. The number of aliphatic imine (C=N–C) groups is 1. The molecule has 0 amide bonds. The van der Waals surface area contributed by atoms with Gasteiger partial charge in [0, 0.05) is 52.5 Å². The molecule has 0 unspecified atom stereocenters. The van der Waals surface area contributed by atoms with Crippen LogP contribution in [0.2, 0.25) is 0 Å². The van der Waals surface area contributed by atoms with Crippen LogP contribution in [-0.2, 0) is 28.2 Å². The third-order valence-corrected chi connectivity index (χ3v) is 6.31. The Morgan fingerprint density at radius 2 is 2.04 bits per heavy atom. The van der Waals surface area contributed by atoms with Gasteiger partial charge in [-0.05, 0) is 32.8 Å². The number of nitrogens with zero attached hydrogens (tertiary/aromatic N) is 5. The number of piperazine rings is 1. The minimum absolute atomic E-state index is 0.0322. The maximum absolute atomic E-state index is 12.5. The molecule has 9 nitrogen and oxygen atoms in total. The number of rotatable bonds is 9. The first-order chi connectivity index (χ1) is 13.3. The Kier molecular flexibility index (Phi) is 8.71. The number of guanidine groups is 1. The highest BCUT2D eigenvalue weighted by Crippen LogP contribution is 2.09. The van der Waals surface area contributed by atoms with Crippen molar-refractivity contribution < 1.29 is 13.2 Å². The fourth-order valence-electron chi connectivity index (χ4n) is 3.01. The van der Waals surface area contributed by atoms with Crippen LogP contribution in [-0.4, -0.2) is 91.1 Å². The summed E-state index contributed by atoms with van der Waals surface area (Å²) in [5.74, 6) is 0.872. The molecule has 0 saturated carbocycles. The number of hydrogen-bond donors (Lipinski definition) is 1. The van der Waals surface area contributed by atoms with Gasteiger partial charge in [-0.25, -0.2) is 8.42 Å². The first-order valence-corrected chi connectivity index (χ1v) is 11.5. The van der Waals surface area contributed by atoms with Gasteiger partial charge < -0.3 is 15.0 Å². The zero-order chi connectivity index (χ0) is 20.6. The molecule has 10 heteroatoms. The van der Waals surface area contributed by atoms with E-state index in [1.165, 1.54) is 0 Å². The molecule has 0 aliphatic carbocycles. The zero-order valence-electron chi connectivity index (χ0n) is 17.5. The lowest BCUT2D eigenvalue weighted by Gasteiger charge is -2.35. The molecule has 160 valence electrons. The molecule has 1 fully saturated rings. The van der Waals surface area contributed by atoms with Crippen LogP contribution in [0.15, 0.2) is 17.4 Å². The maximum Gasteiger partial charge on any atom is 0.216 e. The van der Waals surface area contributed by atoms with Crippen molar-refractivity contribution >= 4 is 16.0 Å². The smallest absolute Gasteiger partial charge is 0.216 e. The van der Waals surface area contributed by atoms with Gasteiger partial charge in [0.05, 0.1) is 24.7 Å². The van der Waals surface area contributed by atoms with Crippen molar-refractivity contribution in [3.8, 4) is 0 Å². The Hall–Kier alpha value is -1.65. The second kappa shape index (κ2) is 10.8. The summed E-state index contributed by atoms with van der Waals surface area (Å²) in [5, 5.41) is 7.48. The minimum Gasteiger partial charge on any atom is -0.378 e. The SMILES string of the molecule is CCNC(=NCCc1cnn(C)c1)N1CCN(S(=O)(=O)CCOC(C)C)CC1. The Morgan fingerprint density at radius 1 is 1.32 bits per heavy atom. The van der Waals surface area contributed by atoms with E-state index >= 15 is 0 Å². The molecular weight excluding hydrogens is 380 g/mol. The third-order valence-electron chi connectivity index (χ3n) is 4.48. The van der Waals surface area contributed by atoms with Gasteiger partial charge in [0.25, 0.3) is 0 Å². The molecule has 0 bridgehead atoms. The average Bonchev–Trinajstić information content (AvgIpc) is 3.06. The Morgan fingerprint density at radius 3 is 2.61 bits per heavy atom. The Bertz CT molecular complexity index is 723.